The maximum atomic E-state index is 9.90. The largest absolute Gasteiger partial charge is 0.395 e. The molecule has 1 atom stereocenters. The number of hydrogen-bond acceptors (Lipinski definition) is 7. The summed E-state index contributed by atoms with van der Waals surface area (Å²) in [6.45, 7) is 8.80. The van der Waals surface area contributed by atoms with Gasteiger partial charge in [0, 0.05) is 29.8 Å². The van der Waals surface area contributed by atoms with E-state index in [4.69, 9.17) is 0 Å². The molecular weight excluding hydrogens is 378 g/mol. The number of allylic oxidation sites excluding steroid dienone is 1. The second-order valence-electron chi connectivity index (χ2n) is 7.66. The molecule has 8 heteroatoms. The summed E-state index contributed by atoms with van der Waals surface area (Å²) in [5.74, 6) is 1.20. The highest BCUT2D eigenvalue weighted by Gasteiger charge is 2.35. The highest BCUT2D eigenvalue weighted by Crippen LogP contribution is 2.41. The van der Waals surface area contributed by atoms with Crippen molar-refractivity contribution in [2.45, 2.75) is 25.8 Å². The lowest BCUT2D eigenvalue weighted by molar-refractivity contribution is 0.219. The van der Waals surface area contributed by atoms with E-state index in [9.17, 15) is 10.4 Å². The van der Waals surface area contributed by atoms with Gasteiger partial charge in [-0.2, -0.15) is 10.4 Å². The number of anilines is 3. The first-order valence-corrected chi connectivity index (χ1v) is 9.66. The molecule has 0 fully saturated rings. The molecule has 2 aromatic heterocycles. The van der Waals surface area contributed by atoms with Gasteiger partial charge in [0.1, 0.15) is 11.9 Å². The summed E-state index contributed by atoms with van der Waals surface area (Å²) in [6, 6.07) is 9.78. The first-order valence-electron chi connectivity index (χ1n) is 9.66. The predicted octanol–water partition coefficient (Wildman–Crippen LogP) is 3.13. The van der Waals surface area contributed by atoms with Gasteiger partial charge in [-0.1, -0.05) is 13.0 Å². The molecule has 0 saturated heterocycles. The Kier molecular flexibility index (Phi) is 4.98. The number of aromatic nitrogens is 4. The number of rotatable bonds is 6. The fourth-order valence-corrected chi connectivity index (χ4v) is 3.67. The van der Waals surface area contributed by atoms with Crippen molar-refractivity contribution in [2.75, 3.05) is 23.8 Å². The summed E-state index contributed by atoms with van der Waals surface area (Å²) in [4.78, 5) is 8.97. The van der Waals surface area contributed by atoms with Crippen LogP contribution >= 0.6 is 0 Å². The average molecular weight is 401 g/mol. The van der Waals surface area contributed by atoms with Gasteiger partial charge in [0.2, 0.25) is 5.95 Å². The third-order valence-electron chi connectivity index (χ3n) is 5.31. The summed E-state index contributed by atoms with van der Waals surface area (Å²) in [5.41, 5.74) is 4.16. The Morgan fingerprint density at radius 1 is 1.43 bits per heavy atom. The van der Waals surface area contributed by atoms with E-state index in [0.29, 0.717) is 30.3 Å². The van der Waals surface area contributed by atoms with Crippen LogP contribution < -0.4 is 10.6 Å². The zero-order chi connectivity index (χ0) is 21.3. The number of nitrogens with one attached hydrogen (secondary N) is 2. The van der Waals surface area contributed by atoms with Crippen molar-refractivity contribution in [3.63, 3.8) is 0 Å². The minimum Gasteiger partial charge on any atom is -0.395 e. The van der Waals surface area contributed by atoms with Crippen LogP contribution in [0.25, 0.3) is 11.3 Å². The topological polar surface area (TPSA) is 112 Å². The average Bonchev–Trinajstić information content (AvgIpc) is 3.27. The highest BCUT2D eigenvalue weighted by atomic mass is 16.3. The monoisotopic (exact) mass is 401 g/mol. The lowest BCUT2D eigenvalue weighted by Gasteiger charge is -2.21. The van der Waals surface area contributed by atoms with E-state index in [1.165, 1.54) is 0 Å². The Morgan fingerprint density at radius 2 is 2.27 bits per heavy atom. The molecule has 0 radical (unpaired) electrons. The zero-order valence-electron chi connectivity index (χ0n) is 17.0. The second kappa shape index (κ2) is 7.61. The Hall–Kier alpha value is -3.70. The molecular formula is C22H23N7O. The zero-order valence-corrected chi connectivity index (χ0v) is 17.0. The molecule has 0 saturated carbocycles. The summed E-state index contributed by atoms with van der Waals surface area (Å²) < 4.78 is 1.79. The maximum Gasteiger partial charge on any atom is 0.228 e. The molecule has 0 bridgehead atoms. The fourth-order valence-electron chi connectivity index (χ4n) is 3.67. The van der Waals surface area contributed by atoms with E-state index in [1.807, 2.05) is 32.0 Å². The van der Waals surface area contributed by atoms with E-state index in [1.54, 1.807) is 23.0 Å². The molecule has 3 N–H and O–H groups in total. The van der Waals surface area contributed by atoms with Crippen LogP contribution in [-0.2, 0) is 12.0 Å². The Morgan fingerprint density at radius 3 is 3.00 bits per heavy atom. The van der Waals surface area contributed by atoms with Crippen molar-refractivity contribution in [2.24, 2.45) is 0 Å². The molecule has 4 rings (SSSR count). The van der Waals surface area contributed by atoms with Gasteiger partial charge < -0.3 is 15.7 Å². The number of nitriles is 1. The van der Waals surface area contributed by atoms with Gasteiger partial charge in [-0.15, -0.1) is 6.58 Å². The smallest absolute Gasteiger partial charge is 0.228 e. The summed E-state index contributed by atoms with van der Waals surface area (Å²) in [7, 11) is 0. The van der Waals surface area contributed by atoms with Gasteiger partial charge in [0.25, 0.3) is 0 Å². The molecule has 1 aliphatic rings. The Labute approximate surface area is 174 Å². The number of aliphatic hydroxyl groups is 1. The number of benzene rings is 1. The van der Waals surface area contributed by atoms with E-state index in [2.05, 4.69) is 38.3 Å². The SMILES string of the molecule is C=CCn1nc(C)cc1Nc1nccc(-c2cc(C#N)c3c(c2)C(C)(CO)CN3)n1. The number of hydrogen-bond donors (Lipinski definition) is 3. The van der Waals surface area contributed by atoms with Crippen LogP contribution in [0.5, 0.6) is 0 Å². The van der Waals surface area contributed by atoms with Crippen LogP contribution in [-0.4, -0.2) is 38.0 Å². The Bertz CT molecular complexity index is 1160. The molecule has 152 valence electrons. The lowest BCUT2D eigenvalue weighted by Crippen LogP contribution is -2.28. The second-order valence-corrected chi connectivity index (χ2v) is 7.66. The van der Waals surface area contributed by atoms with Crippen LogP contribution in [0, 0.1) is 18.3 Å². The van der Waals surface area contributed by atoms with Gasteiger partial charge >= 0.3 is 0 Å². The molecule has 30 heavy (non-hydrogen) atoms. The number of aliphatic hydroxyl groups excluding tert-OH is 1. The third kappa shape index (κ3) is 3.40. The molecule has 3 heterocycles. The number of fused-ring (bicyclic) bond motifs is 1. The summed E-state index contributed by atoms with van der Waals surface area (Å²) in [6.07, 6.45) is 3.45. The number of nitrogens with zero attached hydrogens (tertiary/aromatic N) is 5. The van der Waals surface area contributed by atoms with Crippen molar-refractivity contribution >= 4 is 17.5 Å². The van der Waals surface area contributed by atoms with E-state index >= 15 is 0 Å². The normalized spacial score (nSPS) is 17.1. The fraction of sp³-hybridized carbons (Fsp3) is 0.273. The van der Waals surface area contributed by atoms with Gasteiger partial charge in [0.05, 0.1) is 35.8 Å². The van der Waals surface area contributed by atoms with Gasteiger partial charge in [-0.25, -0.2) is 14.6 Å². The van der Waals surface area contributed by atoms with E-state index in [-0.39, 0.29) is 6.61 Å². The first kappa shape index (κ1) is 19.6. The van der Waals surface area contributed by atoms with Crippen molar-refractivity contribution in [3.8, 4) is 17.3 Å². The molecule has 0 amide bonds. The number of aryl methyl sites for hydroxylation is 1. The van der Waals surface area contributed by atoms with Crippen LogP contribution in [0.3, 0.4) is 0 Å². The third-order valence-corrected chi connectivity index (χ3v) is 5.31. The Balaban J connectivity index is 1.73. The van der Waals surface area contributed by atoms with Gasteiger partial charge in [-0.3, -0.25) is 0 Å². The van der Waals surface area contributed by atoms with Crippen LogP contribution in [0.4, 0.5) is 17.5 Å². The minimum absolute atomic E-state index is 0.00938. The molecule has 8 nitrogen and oxygen atoms in total. The molecule has 0 spiro atoms. The summed E-state index contributed by atoms with van der Waals surface area (Å²) >= 11 is 0. The van der Waals surface area contributed by atoms with Crippen LogP contribution in [0.15, 0.2) is 43.1 Å². The molecule has 1 unspecified atom stereocenters. The molecule has 0 aliphatic carbocycles. The standard InChI is InChI=1S/C22H23N7O/c1-4-7-29-19(8-14(2)28-29)27-21-24-6-5-18(26-21)15-9-16(11-23)20-17(10-15)22(3,13-30)12-25-20/h4-6,8-10,25,30H,1,7,12-13H2,2-3H3,(H,24,26,27). The van der Waals surface area contributed by atoms with Gasteiger partial charge in [-0.05, 0) is 30.7 Å². The van der Waals surface area contributed by atoms with Crippen molar-refractivity contribution < 1.29 is 5.11 Å². The van der Waals surface area contributed by atoms with Crippen molar-refractivity contribution in [1.29, 1.82) is 5.26 Å². The van der Waals surface area contributed by atoms with Crippen LogP contribution in [0.2, 0.25) is 0 Å². The highest BCUT2D eigenvalue weighted by molar-refractivity contribution is 5.76. The van der Waals surface area contributed by atoms with Crippen molar-refractivity contribution in [3.05, 3.63) is 59.9 Å². The van der Waals surface area contributed by atoms with Gasteiger partial charge in [0.15, 0.2) is 0 Å². The first-order chi connectivity index (χ1) is 14.5. The molecule has 3 aromatic rings. The predicted molar refractivity (Wildman–Crippen MR) is 116 cm³/mol. The van der Waals surface area contributed by atoms with Crippen molar-refractivity contribution in [1.82, 2.24) is 19.7 Å². The van der Waals surface area contributed by atoms with E-state index in [0.717, 1.165) is 28.3 Å². The minimum atomic E-state index is -0.445. The van der Waals surface area contributed by atoms with E-state index < -0.39 is 5.41 Å². The lowest BCUT2D eigenvalue weighted by atomic mass is 9.83. The molecule has 1 aromatic carbocycles. The quantitative estimate of drug-likeness (QED) is 0.544. The van der Waals surface area contributed by atoms with Crippen LogP contribution in [0.1, 0.15) is 23.7 Å². The molecule has 1 aliphatic heterocycles. The maximum absolute atomic E-state index is 9.90. The summed E-state index contributed by atoms with van der Waals surface area (Å²) in [5, 5.41) is 30.4.